The minimum Gasteiger partial charge on any atom is -0.348 e. The van der Waals surface area contributed by atoms with E-state index in [1.54, 1.807) is 11.3 Å². The maximum absolute atomic E-state index is 5.60. The second-order valence-corrected chi connectivity index (χ2v) is 5.12. The smallest absolute Gasteiger partial charge is 0.185 e. The summed E-state index contributed by atoms with van der Waals surface area (Å²) >= 11 is 1.70. The molecule has 1 rings (SSSR count). The van der Waals surface area contributed by atoms with Crippen molar-refractivity contribution in [1.82, 2.24) is 9.88 Å². The van der Waals surface area contributed by atoms with Gasteiger partial charge in [0.15, 0.2) is 5.13 Å². The lowest BCUT2D eigenvalue weighted by Crippen LogP contribution is -2.30. The van der Waals surface area contributed by atoms with Crippen LogP contribution in [0, 0.1) is 0 Å². The molecule has 0 aliphatic heterocycles. The Bertz CT molecular complexity index is 323. The molecule has 0 aliphatic carbocycles. The number of thiazole rings is 1. The van der Waals surface area contributed by atoms with Crippen LogP contribution in [0.5, 0.6) is 0 Å². The lowest BCUT2D eigenvalue weighted by Gasteiger charge is -2.23. The van der Waals surface area contributed by atoms with Crippen LogP contribution in [-0.2, 0) is 6.54 Å². The Morgan fingerprint density at radius 3 is 2.39 bits per heavy atom. The van der Waals surface area contributed by atoms with E-state index in [9.17, 15) is 0 Å². The number of hydrogen-bond acceptors (Lipinski definition) is 5. The van der Waals surface area contributed by atoms with Gasteiger partial charge in [-0.25, -0.2) is 4.98 Å². The summed E-state index contributed by atoms with van der Waals surface area (Å²) in [4.78, 5) is 9.34. The Hall–Kier alpha value is -0.650. The number of nitrogens with two attached hydrogens (primary N) is 1. The maximum atomic E-state index is 5.60. The SMILES string of the molecule is CCN(CC)CCCN(CC)c1nc(CN)cs1. The molecule has 0 atom stereocenters. The van der Waals surface area contributed by atoms with E-state index in [0.29, 0.717) is 6.54 Å². The Kier molecular flexibility index (Phi) is 7.23. The predicted molar refractivity (Wildman–Crippen MR) is 80.3 cm³/mol. The monoisotopic (exact) mass is 270 g/mol. The van der Waals surface area contributed by atoms with Crippen LogP contribution in [0.2, 0.25) is 0 Å². The zero-order valence-corrected chi connectivity index (χ0v) is 12.7. The van der Waals surface area contributed by atoms with Crippen LogP contribution in [0.3, 0.4) is 0 Å². The number of rotatable bonds is 9. The van der Waals surface area contributed by atoms with E-state index in [2.05, 4.69) is 40.9 Å². The van der Waals surface area contributed by atoms with Crippen LogP contribution < -0.4 is 10.6 Å². The highest BCUT2D eigenvalue weighted by Gasteiger charge is 2.09. The predicted octanol–water partition coefficient (Wildman–Crippen LogP) is 2.16. The molecule has 0 saturated heterocycles. The molecule has 0 amide bonds. The molecular formula is C13H26N4S. The molecule has 1 aromatic rings. The molecule has 18 heavy (non-hydrogen) atoms. The van der Waals surface area contributed by atoms with Crippen LogP contribution >= 0.6 is 11.3 Å². The van der Waals surface area contributed by atoms with Gasteiger partial charge >= 0.3 is 0 Å². The maximum Gasteiger partial charge on any atom is 0.185 e. The molecule has 0 saturated carbocycles. The van der Waals surface area contributed by atoms with Crippen molar-refractivity contribution in [3.8, 4) is 0 Å². The summed E-state index contributed by atoms with van der Waals surface area (Å²) in [6.07, 6.45) is 1.19. The fourth-order valence-corrected chi connectivity index (χ4v) is 2.88. The van der Waals surface area contributed by atoms with Gasteiger partial charge in [0, 0.05) is 25.0 Å². The minimum atomic E-state index is 0.535. The summed E-state index contributed by atoms with van der Waals surface area (Å²) in [5.74, 6) is 0. The fourth-order valence-electron chi connectivity index (χ4n) is 1.95. The quantitative estimate of drug-likeness (QED) is 0.747. The molecule has 0 unspecified atom stereocenters. The Labute approximate surface area is 115 Å². The van der Waals surface area contributed by atoms with Gasteiger partial charge in [0.2, 0.25) is 0 Å². The summed E-state index contributed by atoms with van der Waals surface area (Å²) in [6.45, 7) is 12.7. The Balaban J connectivity index is 2.42. The highest BCUT2D eigenvalue weighted by Crippen LogP contribution is 2.20. The number of aromatic nitrogens is 1. The van der Waals surface area contributed by atoms with Gasteiger partial charge in [-0.05, 0) is 33.0 Å². The van der Waals surface area contributed by atoms with Crippen molar-refractivity contribution in [3.63, 3.8) is 0 Å². The van der Waals surface area contributed by atoms with Gasteiger partial charge in [-0.15, -0.1) is 11.3 Å². The van der Waals surface area contributed by atoms with Gasteiger partial charge in [-0.1, -0.05) is 13.8 Å². The van der Waals surface area contributed by atoms with Gasteiger partial charge in [-0.3, -0.25) is 0 Å². The largest absolute Gasteiger partial charge is 0.348 e. The summed E-state index contributed by atoms with van der Waals surface area (Å²) < 4.78 is 0. The summed E-state index contributed by atoms with van der Waals surface area (Å²) in [7, 11) is 0. The summed E-state index contributed by atoms with van der Waals surface area (Å²) in [6, 6.07) is 0. The van der Waals surface area contributed by atoms with Crippen LogP contribution in [0.25, 0.3) is 0 Å². The molecule has 1 heterocycles. The highest BCUT2D eigenvalue weighted by atomic mass is 32.1. The van der Waals surface area contributed by atoms with Crippen LogP contribution in [0.1, 0.15) is 32.9 Å². The highest BCUT2D eigenvalue weighted by molar-refractivity contribution is 7.13. The average molecular weight is 270 g/mol. The van der Waals surface area contributed by atoms with E-state index in [4.69, 9.17) is 5.73 Å². The van der Waals surface area contributed by atoms with Gasteiger partial charge in [-0.2, -0.15) is 0 Å². The average Bonchev–Trinajstić information content (AvgIpc) is 2.88. The third-order valence-corrected chi connectivity index (χ3v) is 4.15. The molecule has 2 N–H and O–H groups in total. The first-order chi connectivity index (χ1) is 8.74. The molecule has 0 radical (unpaired) electrons. The van der Waals surface area contributed by atoms with Crippen molar-refractivity contribution < 1.29 is 0 Å². The lowest BCUT2D eigenvalue weighted by molar-refractivity contribution is 0.300. The molecule has 0 fully saturated rings. The number of nitrogens with zero attached hydrogens (tertiary/aromatic N) is 3. The molecule has 0 aliphatic rings. The molecule has 0 spiro atoms. The van der Waals surface area contributed by atoms with Crippen molar-refractivity contribution in [2.45, 2.75) is 33.7 Å². The van der Waals surface area contributed by atoms with Crippen molar-refractivity contribution in [2.24, 2.45) is 5.73 Å². The molecule has 1 aromatic heterocycles. The summed E-state index contributed by atoms with van der Waals surface area (Å²) in [5.41, 5.74) is 6.60. The minimum absolute atomic E-state index is 0.535. The van der Waals surface area contributed by atoms with Crippen LogP contribution in [0.4, 0.5) is 5.13 Å². The van der Waals surface area contributed by atoms with Crippen molar-refractivity contribution in [1.29, 1.82) is 0 Å². The van der Waals surface area contributed by atoms with Gasteiger partial charge in [0.25, 0.3) is 0 Å². The van der Waals surface area contributed by atoms with Gasteiger partial charge in [0.1, 0.15) is 0 Å². The van der Waals surface area contributed by atoms with Crippen LogP contribution in [-0.4, -0.2) is 42.6 Å². The van der Waals surface area contributed by atoms with E-state index in [-0.39, 0.29) is 0 Å². The second kappa shape index (κ2) is 8.45. The molecule has 4 nitrogen and oxygen atoms in total. The van der Waals surface area contributed by atoms with E-state index < -0.39 is 0 Å². The van der Waals surface area contributed by atoms with Crippen molar-refractivity contribution >= 4 is 16.5 Å². The zero-order chi connectivity index (χ0) is 13.4. The number of hydrogen-bond donors (Lipinski definition) is 1. The normalized spacial score (nSPS) is 11.2. The molecule has 104 valence electrons. The molecule has 0 bridgehead atoms. The third-order valence-electron chi connectivity index (χ3n) is 3.20. The zero-order valence-electron chi connectivity index (χ0n) is 11.9. The van der Waals surface area contributed by atoms with Gasteiger partial charge < -0.3 is 15.5 Å². The first kappa shape index (κ1) is 15.4. The first-order valence-electron chi connectivity index (χ1n) is 6.86. The van der Waals surface area contributed by atoms with E-state index >= 15 is 0 Å². The third kappa shape index (κ3) is 4.55. The lowest BCUT2D eigenvalue weighted by atomic mass is 10.3. The van der Waals surface area contributed by atoms with Crippen molar-refractivity contribution in [2.75, 3.05) is 37.6 Å². The Morgan fingerprint density at radius 2 is 1.89 bits per heavy atom. The summed E-state index contributed by atoms with van der Waals surface area (Å²) in [5, 5.41) is 3.17. The Morgan fingerprint density at radius 1 is 1.17 bits per heavy atom. The molecule has 5 heteroatoms. The number of anilines is 1. The van der Waals surface area contributed by atoms with Crippen LogP contribution in [0.15, 0.2) is 5.38 Å². The topological polar surface area (TPSA) is 45.4 Å². The van der Waals surface area contributed by atoms with E-state index in [0.717, 1.165) is 37.0 Å². The molecule has 0 aromatic carbocycles. The van der Waals surface area contributed by atoms with E-state index in [1.807, 2.05) is 0 Å². The molecular weight excluding hydrogens is 244 g/mol. The second-order valence-electron chi connectivity index (χ2n) is 4.29. The first-order valence-corrected chi connectivity index (χ1v) is 7.74. The van der Waals surface area contributed by atoms with Crippen molar-refractivity contribution in [3.05, 3.63) is 11.1 Å². The fraction of sp³-hybridized carbons (Fsp3) is 0.769. The standard InChI is InChI=1S/C13H26N4S/c1-4-16(5-2)8-7-9-17(6-3)13-15-12(10-14)11-18-13/h11H,4-10,14H2,1-3H3. The van der Waals surface area contributed by atoms with E-state index in [1.165, 1.54) is 13.0 Å². The van der Waals surface area contributed by atoms with Gasteiger partial charge in [0.05, 0.1) is 5.69 Å².